The maximum atomic E-state index is 15.9. The smallest absolute Gasteiger partial charge is 0.155 e. The van der Waals surface area contributed by atoms with E-state index in [2.05, 4.69) is 29.8 Å². The SMILES string of the molecule is CC(=O)[C@@H]1CC[C@@H]2[C@H]3CCC4=CC(=O)CC[C@]4(C)[C@]3(Br)[C@@H](F)C[C@]21C. The molecule has 4 aliphatic carbocycles. The fourth-order valence-corrected chi connectivity index (χ4v) is 8.33. The molecule has 0 unspecified atom stereocenters. The molecule has 3 saturated carbocycles. The van der Waals surface area contributed by atoms with Crippen molar-refractivity contribution in [2.45, 2.75) is 76.2 Å². The minimum absolute atomic E-state index is 0.00507. The molecule has 4 heteroatoms. The van der Waals surface area contributed by atoms with Crippen molar-refractivity contribution in [3.8, 4) is 0 Å². The molecule has 4 rings (SSSR count). The van der Waals surface area contributed by atoms with Gasteiger partial charge in [-0.25, -0.2) is 4.39 Å². The predicted octanol–water partition coefficient (Wildman–Crippen LogP) is 5.19. The van der Waals surface area contributed by atoms with Gasteiger partial charge < -0.3 is 0 Å². The lowest BCUT2D eigenvalue weighted by Gasteiger charge is -2.64. The zero-order valence-electron chi connectivity index (χ0n) is 15.4. The fourth-order valence-electron chi connectivity index (χ4n) is 7.17. The number of alkyl halides is 2. The molecule has 0 aromatic heterocycles. The van der Waals surface area contributed by atoms with Crippen molar-refractivity contribution < 1.29 is 14.0 Å². The highest BCUT2D eigenvalue weighted by Crippen LogP contribution is 2.71. The molecular weight excluding hydrogens is 383 g/mol. The normalized spacial score (nSPS) is 52.0. The molecule has 138 valence electrons. The lowest BCUT2D eigenvalue weighted by Crippen LogP contribution is -2.65. The molecule has 0 aromatic carbocycles. The van der Waals surface area contributed by atoms with Gasteiger partial charge in [0.05, 0.1) is 4.32 Å². The molecule has 0 amide bonds. The second-order valence-corrected chi connectivity index (χ2v) is 10.7. The van der Waals surface area contributed by atoms with E-state index in [1.165, 1.54) is 0 Å². The number of carbonyl (C=O) groups excluding carboxylic acids is 2. The van der Waals surface area contributed by atoms with Gasteiger partial charge in [-0.2, -0.15) is 0 Å². The highest BCUT2D eigenvalue weighted by atomic mass is 79.9. The summed E-state index contributed by atoms with van der Waals surface area (Å²) < 4.78 is 15.3. The molecule has 0 bridgehead atoms. The lowest BCUT2D eigenvalue weighted by atomic mass is 9.46. The third-order valence-electron chi connectivity index (χ3n) is 8.49. The van der Waals surface area contributed by atoms with Crippen molar-refractivity contribution in [1.82, 2.24) is 0 Å². The van der Waals surface area contributed by atoms with Crippen LogP contribution >= 0.6 is 15.9 Å². The van der Waals surface area contributed by atoms with E-state index in [1.807, 2.05) is 0 Å². The van der Waals surface area contributed by atoms with Crippen LogP contribution in [0.15, 0.2) is 11.6 Å². The van der Waals surface area contributed by atoms with Gasteiger partial charge in [-0.3, -0.25) is 9.59 Å². The summed E-state index contributed by atoms with van der Waals surface area (Å²) in [5.41, 5.74) is 0.637. The van der Waals surface area contributed by atoms with E-state index in [0.717, 1.165) is 37.7 Å². The van der Waals surface area contributed by atoms with Crippen LogP contribution in [-0.4, -0.2) is 22.1 Å². The third kappa shape index (κ3) is 2.12. The highest BCUT2D eigenvalue weighted by molar-refractivity contribution is 9.10. The molecule has 25 heavy (non-hydrogen) atoms. The number of hydrogen-bond acceptors (Lipinski definition) is 2. The Morgan fingerprint density at radius 2 is 1.92 bits per heavy atom. The summed E-state index contributed by atoms with van der Waals surface area (Å²) in [6, 6.07) is 0. The van der Waals surface area contributed by atoms with E-state index in [4.69, 9.17) is 0 Å². The number of allylic oxidation sites excluding steroid dienone is 1. The minimum atomic E-state index is -0.986. The van der Waals surface area contributed by atoms with E-state index in [-0.39, 0.29) is 34.2 Å². The first-order valence-corrected chi connectivity index (χ1v) is 10.5. The van der Waals surface area contributed by atoms with Gasteiger partial charge in [0, 0.05) is 17.8 Å². The second-order valence-electron chi connectivity index (χ2n) is 9.41. The molecule has 3 fully saturated rings. The van der Waals surface area contributed by atoms with E-state index >= 15 is 4.39 Å². The monoisotopic (exact) mass is 410 g/mol. The Labute approximate surface area is 158 Å². The van der Waals surface area contributed by atoms with Gasteiger partial charge >= 0.3 is 0 Å². The van der Waals surface area contributed by atoms with E-state index in [0.29, 0.717) is 18.8 Å². The van der Waals surface area contributed by atoms with Crippen molar-refractivity contribution in [2.24, 2.45) is 28.6 Å². The topological polar surface area (TPSA) is 34.1 Å². The first kappa shape index (κ1) is 17.9. The van der Waals surface area contributed by atoms with Crippen LogP contribution in [0.5, 0.6) is 0 Å². The fraction of sp³-hybridized carbons (Fsp3) is 0.810. The summed E-state index contributed by atoms with van der Waals surface area (Å²) >= 11 is 3.96. The summed E-state index contributed by atoms with van der Waals surface area (Å²) in [5.74, 6) is 1.05. The summed E-state index contributed by atoms with van der Waals surface area (Å²) in [6.45, 7) is 6.00. The number of rotatable bonds is 1. The van der Waals surface area contributed by atoms with Crippen molar-refractivity contribution in [2.75, 3.05) is 0 Å². The number of ketones is 2. The van der Waals surface area contributed by atoms with Crippen molar-refractivity contribution >= 4 is 27.5 Å². The Hall–Kier alpha value is -0.510. The molecule has 4 aliphatic rings. The van der Waals surface area contributed by atoms with Gasteiger partial charge in [-0.05, 0) is 68.8 Å². The van der Waals surface area contributed by atoms with Gasteiger partial charge in [-0.15, -0.1) is 0 Å². The molecule has 0 heterocycles. The van der Waals surface area contributed by atoms with Crippen molar-refractivity contribution in [1.29, 1.82) is 0 Å². The third-order valence-corrected chi connectivity index (χ3v) is 10.4. The summed E-state index contributed by atoms with van der Waals surface area (Å²) in [7, 11) is 0. The Morgan fingerprint density at radius 1 is 1.20 bits per heavy atom. The maximum Gasteiger partial charge on any atom is 0.155 e. The average molecular weight is 411 g/mol. The number of hydrogen-bond donors (Lipinski definition) is 0. The van der Waals surface area contributed by atoms with Crippen LogP contribution in [-0.2, 0) is 9.59 Å². The average Bonchev–Trinajstić information content (AvgIpc) is 2.87. The second kappa shape index (κ2) is 5.50. The first-order valence-electron chi connectivity index (χ1n) is 9.72. The quantitative estimate of drug-likeness (QED) is 0.557. The van der Waals surface area contributed by atoms with Crippen LogP contribution in [0.1, 0.15) is 65.7 Å². The summed E-state index contributed by atoms with van der Waals surface area (Å²) in [4.78, 5) is 24.1. The number of fused-ring (bicyclic) bond motifs is 5. The van der Waals surface area contributed by atoms with Crippen LogP contribution in [0, 0.1) is 28.6 Å². The maximum absolute atomic E-state index is 15.9. The van der Waals surface area contributed by atoms with Gasteiger partial charge in [0.2, 0.25) is 0 Å². The molecule has 0 spiro atoms. The summed E-state index contributed by atoms with van der Waals surface area (Å²) in [6.07, 6.45) is 6.28. The standard InChI is InChI=1S/C21H28BrFO2/c1-12(24)15-6-7-16-17-5-4-13-10-14(25)8-9-20(13,3)21(17,22)18(23)11-19(15,16)2/h10,15-18H,4-9,11H2,1-3H3/t15-,16+,17+,18-,19-,20-,21+/m0/s1. The molecule has 7 atom stereocenters. The van der Waals surface area contributed by atoms with Gasteiger partial charge in [0.1, 0.15) is 12.0 Å². The molecular formula is C21H28BrFO2. The van der Waals surface area contributed by atoms with Gasteiger partial charge in [-0.1, -0.05) is 35.4 Å². The molecule has 0 aromatic rings. The van der Waals surface area contributed by atoms with Crippen LogP contribution in [0.3, 0.4) is 0 Å². The predicted molar refractivity (Wildman–Crippen MR) is 99.3 cm³/mol. The molecule has 0 N–H and O–H groups in total. The Morgan fingerprint density at radius 3 is 2.60 bits per heavy atom. The van der Waals surface area contributed by atoms with Crippen LogP contribution in [0.25, 0.3) is 0 Å². The molecule has 0 aliphatic heterocycles. The Balaban J connectivity index is 1.79. The van der Waals surface area contributed by atoms with Gasteiger partial charge in [0.15, 0.2) is 5.78 Å². The Kier molecular flexibility index (Phi) is 3.93. The number of halogens is 2. The summed E-state index contributed by atoms with van der Waals surface area (Å²) in [5, 5.41) is 0. The van der Waals surface area contributed by atoms with E-state index < -0.39 is 10.5 Å². The highest BCUT2D eigenvalue weighted by Gasteiger charge is 2.69. The van der Waals surface area contributed by atoms with Gasteiger partial charge in [0.25, 0.3) is 0 Å². The molecule has 2 nitrogen and oxygen atoms in total. The Bertz CT molecular complexity index is 673. The van der Waals surface area contributed by atoms with E-state index in [9.17, 15) is 9.59 Å². The van der Waals surface area contributed by atoms with Crippen molar-refractivity contribution in [3.63, 3.8) is 0 Å². The zero-order valence-corrected chi connectivity index (χ0v) is 17.0. The van der Waals surface area contributed by atoms with E-state index in [1.54, 1.807) is 13.0 Å². The first-order chi connectivity index (χ1) is 11.6. The van der Waals surface area contributed by atoms with Crippen molar-refractivity contribution in [3.05, 3.63) is 11.6 Å². The molecule has 0 saturated heterocycles. The molecule has 0 radical (unpaired) electrons. The number of carbonyl (C=O) groups is 2. The lowest BCUT2D eigenvalue weighted by molar-refractivity contribution is -0.130. The number of Topliss-reactive ketones (excluding diaryl/α,β-unsaturated/α-hetero) is 1. The zero-order chi connectivity index (χ0) is 18.2. The van der Waals surface area contributed by atoms with Crippen LogP contribution in [0.4, 0.5) is 4.39 Å². The minimum Gasteiger partial charge on any atom is -0.300 e. The van der Waals surface area contributed by atoms with Crippen LogP contribution < -0.4 is 0 Å². The van der Waals surface area contributed by atoms with Crippen LogP contribution in [0.2, 0.25) is 0 Å². The largest absolute Gasteiger partial charge is 0.300 e.